The number of anilines is 1. The normalized spacial score (nSPS) is 13.3. The van der Waals surface area contributed by atoms with E-state index in [0.29, 0.717) is 4.99 Å². The van der Waals surface area contributed by atoms with Gasteiger partial charge in [-0.25, -0.2) is 0 Å². The van der Waals surface area contributed by atoms with Crippen LogP contribution in [-0.2, 0) is 13.1 Å². The highest BCUT2D eigenvalue weighted by Crippen LogP contribution is 2.34. The third kappa shape index (κ3) is 2.30. The van der Waals surface area contributed by atoms with Crippen molar-refractivity contribution in [2.45, 2.75) is 18.0 Å². The number of nitrogens with two attached hydrogens (primary N) is 1. The van der Waals surface area contributed by atoms with E-state index in [0.717, 1.165) is 29.2 Å². The van der Waals surface area contributed by atoms with Crippen LogP contribution in [0.1, 0.15) is 16.7 Å². The molecule has 3 rings (SSSR count). The van der Waals surface area contributed by atoms with Gasteiger partial charge in [-0.2, -0.15) is 0 Å². The van der Waals surface area contributed by atoms with Crippen molar-refractivity contribution in [2.24, 2.45) is 5.73 Å². The Morgan fingerprint density at radius 1 is 1.10 bits per heavy atom. The minimum atomic E-state index is 0.473. The fourth-order valence-corrected chi connectivity index (χ4v) is 3.62. The molecule has 2 N–H and O–H groups in total. The zero-order valence-electron chi connectivity index (χ0n) is 11.3. The molecule has 1 aliphatic rings. The molecular formula is C16H16N2S2. The lowest BCUT2D eigenvalue weighted by Gasteiger charge is -2.22. The number of benzene rings is 2. The van der Waals surface area contributed by atoms with Crippen LogP contribution in [-0.4, -0.2) is 11.2 Å². The first-order chi connectivity index (χ1) is 9.70. The van der Waals surface area contributed by atoms with Gasteiger partial charge in [0.1, 0.15) is 4.99 Å². The van der Waals surface area contributed by atoms with E-state index in [1.165, 1.54) is 11.1 Å². The first kappa shape index (κ1) is 13.5. The van der Waals surface area contributed by atoms with Crippen molar-refractivity contribution in [1.29, 1.82) is 0 Å². The number of hydrogen-bond donors (Lipinski definition) is 1. The van der Waals surface area contributed by atoms with E-state index < -0.39 is 0 Å². The van der Waals surface area contributed by atoms with Gasteiger partial charge in [0, 0.05) is 29.2 Å². The second-order valence-electron chi connectivity index (χ2n) is 4.84. The lowest BCUT2D eigenvalue weighted by Crippen LogP contribution is -2.21. The number of thioether (sulfide) groups is 1. The molecule has 0 bridgehead atoms. The molecule has 0 unspecified atom stereocenters. The largest absolute Gasteiger partial charge is 0.389 e. The standard InChI is InChI=1S/C16H16N2S2/c1-20-14-8-4-7-13(15(14)16(17)19)18-9-11-5-2-3-6-12(11)10-18/h2-8H,9-10H2,1H3,(H2,17,19). The molecule has 2 nitrogen and oxygen atoms in total. The van der Waals surface area contributed by atoms with Crippen molar-refractivity contribution in [3.8, 4) is 0 Å². The monoisotopic (exact) mass is 300 g/mol. The van der Waals surface area contributed by atoms with Crippen LogP contribution in [0.2, 0.25) is 0 Å². The molecule has 20 heavy (non-hydrogen) atoms. The molecule has 2 aromatic carbocycles. The van der Waals surface area contributed by atoms with Gasteiger partial charge in [-0.1, -0.05) is 42.5 Å². The maximum atomic E-state index is 5.96. The molecule has 0 radical (unpaired) electrons. The van der Waals surface area contributed by atoms with Gasteiger partial charge < -0.3 is 10.6 Å². The van der Waals surface area contributed by atoms with Gasteiger partial charge in [-0.15, -0.1) is 11.8 Å². The minimum absolute atomic E-state index is 0.473. The van der Waals surface area contributed by atoms with Crippen molar-refractivity contribution in [3.05, 3.63) is 59.2 Å². The summed E-state index contributed by atoms with van der Waals surface area (Å²) < 4.78 is 0. The van der Waals surface area contributed by atoms with E-state index in [4.69, 9.17) is 18.0 Å². The maximum Gasteiger partial charge on any atom is 0.107 e. The highest BCUT2D eigenvalue weighted by atomic mass is 32.2. The van der Waals surface area contributed by atoms with Crippen LogP contribution in [0.15, 0.2) is 47.4 Å². The van der Waals surface area contributed by atoms with E-state index in [-0.39, 0.29) is 0 Å². The molecule has 0 aromatic heterocycles. The molecule has 0 saturated heterocycles. The molecule has 0 aliphatic carbocycles. The molecule has 1 heterocycles. The van der Waals surface area contributed by atoms with Gasteiger partial charge in [0.15, 0.2) is 0 Å². The quantitative estimate of drug-likeness (QED) is 0.693. The molecule has 1 aliphatic heterocycles. The number of rotatable bonds is 3. The fourth-order valence-electron chi connectivity index (χ4n) is 2.70. The summed E-state index contributed by atoms with van der Waals surface area (Å²) >= 11 is 6.95. The maximum absolute atomic E-state index is 5.96. The molecule has 0 spiro atoms. The van der Waals surface area contributed by atoms with Crippen molar-refractivity contribution in [1.82, 2.24) is 0 Å². The van der Waals surface area contributed by atoms with E-state index in [9.17, 15) is 0 Å². The molecule has 4 heteroatoms. The van der Waals surface area contributed by atoms with Crippen molar-refractivity contribution in [3.63, 3.8) is 0 Å². The Kier molecular flexibility index (Phi) is 3.68. The minimum Gasteiger partial charge on any atom is -0.389 e. The number of nitrogens with zero attached hydrogens (tertiary/aromatic N) is 1. The highest BCUT2D eigenvalue weighted by molar-refractivity contribution is 7.98. The first-order valence-corrected chi connectivity index (χ1v) is 8.12. The third-order valence-electron chi connectivity index (χ3n) is 3.65. The van der Waals surface area contributed by atoms with E-state index in [1.54, 1.807) is 11.8 Å². The SMILES string of the molecule is CSc1cccc(N2Cc3ccccc3C2)c1C(N)=S. The smallest absolute Gasteiger partial charge is 0.107 e. The molecular weight excluding hydrogens is 284 g/mol. The van der Waals surface area contributed by atoms with Gasteiger partial charge in [0.2, 0.25) is 0 Å². The average molecular weight is 300 g/mol. The fraction of sp³-hybridized carbons (Fsp3) is 0.188. The van der Waals surface area contributed by atoms with Gasteiger partial charge >= 0.3 is 0 Å². The Labute approximate surface area is 129 Å². The summed E-state index contributed by atoms with van der Waals surface area (Å²) in [5.74, 6) is 0. The summed E-state index contributed by atoms with van der Waals surface area (Å²) in [5.41, 5.74) is 10.9. The predicted molar refractivity (Wildman–Crippen MR) is 90.4 cm³/mol. The Balaban J connectivity index is 2.03. The van der Waals surface area contributed by atoms with Crippen molar-refractivity contribution >= 4 is 34.7 Å². The molecule has 0 atom stereocenters. The Bertz CT molecular complexity index is 642. The van der Waals surface area contributed by atoms with Crippen LogP contribution in [0, 0.1) is 0 Å². The molecule has 102 valence electrons. The van der Waals surface area contributed by atoms with Gasteiger partial charge in [-0.3, -0.25) is 0 Å². The van der Waals surface area contributed by atoms with E-state index >= 15 is 0 Å². The Morgan fingerprint density at radius 3 is 2.30 bits per heavy atom. The van der Waals surface area contributed by atoms with Crippen molar-refractivity contribution < 1.29 is 0 Å². The van der Waals surface area contributed by atoms with Crippen LogP contribution < -0.4 is 10.6 Å². The van der Waals surface area contributed by atoms with Gasteiger partial charge in [0.25, 0.3) is 0 Å². The van der Waals surface area contributed by atoms with Crippen LogP contribution in [0.3, 0.4) is 0 Å². The Morgan fingerprint density at radius 2 is 1.75 bits per heavy atom. The summed E-state index contributed by atoms with van der Waals surface area (Å²) in [6.45, 7) is 1.84. The van der Waals surface area contributed by atoms with E-state index in [1.807, 2.05) is 0 Å². The van der Waals surface area contributed by atoms with E-state index in [2.05, 4.69) is 53.6 Å². The predicted octanol–water partition coefficient (Wildman–Crippen LogP) is 3.56. The number of hydrogen-bond acceptors (Lipinski definition) is 3. The lowest BCUT2D eigenvalue weighted by molar-refractivity contribution is 0.876. The third-order valence-corrected chi connectivity index (χ3v) is 4.64. The molecule has 0 fully saturated rings. The molecule has 0 saturated carbocycles. The van der Waals surface area contributed by atoms with Crippen LogP contribution in [0.25, 0.3) is 0 Å². The Hall–Kier alpha value is -1.52. The summed E-state index contributed by atoms with van der Waals surface area (Å²) in [6, 6.07) is 14.8. The first-order valence-electron chi connectivity index (χ1n) is 6.49. The highest BCUT2D eigenvalue weighted by Gasteiger charge is 2.22. The number of thiocarbonyl (C=S) groups is 1. The summed E-state index contributed by atoms with van der Waals surface area (Å²) in [4.78, 5) is 3.96. The zero-order chi connectivity index (χ0) is 14.1. The van der Waals surface area contributed by atoms with Crippen LogP contribution in [0.4, 0.5) is 5.69 Å². The topological polar surface area (TPSA) is 29.3 Å². The second-order valence-corrected chi connectivity index (χ2v) is 6.13. The molecule has 0 amide bonds. The van der Waals surface area contributed by atoms with Crippen molar-refractivity contribution in [2.75, 3.05) is 11.2 Å². The zero-order valence-corrected chi connectivity index (χ0v) is 12.9. The molecule has 2 aromatic rings. The lowest BCUT2D eigenvalue weighted by atomic mass is 10.1. The van der Waals surface area contributed by atoms with Crippen LogP contribution in [0.5, 0.6) is 0 Å². The van der Waals surface area contributed by atoms with Gasteiger partial charge in [0.05, 0.1) is 0 Å². The second kappa shape index (κ2) is 5.46. The summed E-state index contributed by atoms with van der Waals surface area (Å²) in [5, 5.41) is 0. The van der Waals surface area contributed by atoms with Crippen LogP contribution >= 0.6 is 24.0 Å². The summed E-state index contributed by atoms with van der Waals surface area (Å²) in [6.07, 6.45) is 2.06. The average Bonchev–Trinajstić information content (AvgIpc) is 2.90. The number of fused-ring (bicyclic) bond motifs is 1. The van der Waals surface area contributed by atoms with Gasteiger partial charge in [-0.05, 0) is 29.5 Å². The summed E-state index contributed by atoms with van der Waals surface area (Å²) in [7, 11) is 0.